The molecule has 1 aromatic heterocycles. The van der Waals surface area contributed by atoms with Crippen LogP contribution in [0, 0.1) is 0 Å². The fraction of sp³-hybridized carbons (Fsp3) is 0.190. The Bertz CT molecular complexity index is 889. The van der Waals surface area contributed by atoms with Crippen LogP contribution < -0.4 is 14.8 Å². The zero-order chi connectivity index (χ0) is 19.2. The summed E-state index contributed by atoms with van der Waals surface area (Å²) in [6.07, 6.45) is 3.38. The summed E-state index contributed by atoms with van der Waals surface area (Å²) in [5, 5.41) is 2.87. The second-order valence-electron chi connectivity index (χ2n) is 6.24. The fourth-order valence-corrected chi connectivity index (χ4v) is 2.43. The molecule has 1 N–H and O–H groups in total. The fourth-order valence-electron chi connectivity index (χ4n) is 2.43. The van der Waals surface area contributed by atoms with E-state index < -0.39 is 0 Å². The summed E-state index contributed by atoms with van der Waals surface area (Å²) in [4.78, 5) is 20.5. The predicted molar refractivity (Wildman–Crippen MR) is 103 cm³/mol. The number of carbonyl (C=O) groups is 1. The molecular weight excluding hydrogens is 342 g/mol. The van der Waals surface area contributed by atoms with Gasteiger partial charge in [0.2, 0.25) is 0 Å². The molecule has 138 valence electrons. The van der Waals surface area contributed by atoms with E-state index in [0.29, 0.717) is 11.3 Å². The van der Waals surface area contributed by atoms with Crippen LogP contribution in [0.2, 0.25) is 0 Å². The second kappa shape index (κ2) is 8.31. The van der Waals surface area contributed by atoms with E-state index in [9.17, 15) is 4.79 Å². The number of hydrogen-bond donors (Lipinski definition) is 1. The predicted octanol–water partition coefficient (Wildman–Crippen LogP) is 4.08. The van der Waals surface area contributed by atoms with Gasteiger partial charge in [-0.3, -0.25) is 4.79 Å². The maximum atomic E-state index is 12.0. The van der Waals surface area contributed by atoms with Gasteiger partial charge in [-0.25, -0.2) is 9.97 Å². The average molecular weight is 363 g/mol. The Morgan fingerprint density at radius 1 is 0.889 bits per heavy atom. The smallest absolute Gasteiger partial charge is 0.321 e. The number of nitrogens with zero attached hydrogens (tertiary/aromatic N) is 2. The molecule has 27 heavy (non-hydrogen) atoms. The number of benzene rings is 2. The summed E-state index contributed by atoms with van der Waals surface area (Å²) in [6.45, 7) is 3.86. The van der Waals surface area contributed by atoms with E-state index in [0.717, 1.165) is 16.9 Å². The van der Waals surface area contributed by atoms with Gasteiger partial charge in [-0.2, -0.15) is 0 Å². The molecule has 0 bridgehead atoms. The topological polar surface area (TPSA) is 73.3 Å². The van der Waals surface area contributed by atoms with Gasteiger partial charge < -0.3 is 14.8 Å². The molecule has 0 aliphatic carbocycles. The van der Waals surface area contributed by atoms with Crippen LogP contribution >= 0.6 is 0 Å². The minimum Gasteiger partial charge on any atom is -0.497 e. The summed E-state index contributed by atoms with van der Waals surface area (Å²) >= 11 is 0. The van der Waals surface area contributed by atoms with Crippen molar-refractivity contribution < 1.29 is 14.3 Å². The van der Waals surface area contributed by atoms with Crippen molar-refractivity contribution in [3.8, 4) is 28.6 Å². The average Bonchev–Trinajstić information content (AvgIpc) is 2.69. The summed E-state index contributed by atoms with van der Waals surface area (Å²) in [7, 11) is 1.61. The van der Waals surface area contributed by atoms with E-state index in [1.807, 2.05) is 26.0 Å². The third kappa shape index (κ3) is 4.82. The highest BCUT2D eigenvalue weighted by atomic mass is 16.5. The summed E-state index contributed by atoms with van der Waals surface area (Å²) in [5.41, 5.74) is 2.38. The molecule has 3 rings (SSSR count). The molecule has 0 spiro atoms. The monoisotopic (exact) mass is 363 g/mol. The van der Waals surface area contributed by atoms with Crippen LogP contribution in [-0.2, 0) is 0 Å². The van der Waals surface area contributed by atoms with Crippen molar-refractivity contribution in [1.82, 2.24) is 15.3 Å². The highest BCUT2D eigenvalue weighted by Crippen LogP contribution is 2.23. The van der Waals surface area contributed by atoms with Crippen LogP contribution in [0.3, 0.4) is 0 Å². The molecule has 0 unspecified atom stereocenters. The van der Waals surface area contributed by atoms with Gasteiger partial charge in [0, 0.05) is 29.6 Å². The molecule has 0 fully saturated rings. The maximum Gasteiger partial charge on any atom is 0.321 e. The number of hydrogen-bond acceptors (Lipinski definition) is 5. The Kier molecular flexibility index (Phi) is 5.66. The van der Waals surface area contributed by atoms with Crippen LogP contribution in [0.25, 0.3) is 11.1 Å². The van der Waals surface area contributed by atoms with Gasteiger partial charge >= 0.3 is 6.01 Å². The SMILES string of the molecule is COc1ccc(Oc2ncc(-c3ccc(C(=O)NC(C)C)cc3)cn2)cc1. The normalized spacial score (nSPS) is 10.5. The third-order valence-corrected chi connectivity index (χ3v) is 3.80. The molecule has 6 heteroatoms. The molecule has 2 aromatic carbocycles. The first-order chi connectivity index (χ1) is 13.0. The third-order valence-electron chi connectivity index (χ3n) is 3.80. The molecule has 0 saturated carbocycles. The highest BCUT2D eigenvalue weighted by molar-refractivity contribution is 5.94. The lowest BCUT2D eigenvalue weighted by molar-refractivity contribution is 0.0943. The number of rotatable bonds is 6. The Balaban J connectivity index is 1.68. The summed E-state index contributed by atoms with van der Waals surface area (Å²) in [5.74, 6) is 1.30. The van der Waals surface area contributed by atoms with E-state index in [1.165, 1.54) is 0 Å². The Morgan fingerprint density at radius 2 is 1.48 bits per heavy atom. The lowest BCUT2D eigenvalue weighted by Crippen LogP contribution is -2.29. The van der Waals surface area contributed by atoms with Crippen molar-refractivity contribution in [3.63, 3.8) is 0 Å². The van der Waals surface area contributed by atoms with Crippen molar-refractivity contribution in [2.24, 2.45) is 0 Å². The van der Waals surface area contributed by atoms with Crippen molar-refractivity contribution in [1.29, 1.82) is 0 Å². The summed E-state index contributed by atoms with van der Waals surface area (Å²) in [6, 6.07) is 14.9. The zero-order valence-corrected chi connectivity index (χ0v) is 15.5. The highest BCUT2D eigenvalue weighted by Gasteiger charge is 2.08. The van der Waals surface area contributed by atoms with Gasteiger partial charge in [0.05, 0.1) is 7.11 Å². The van der Waals surface area contributed by atoms with Crippen molar-refractivity contribution in [3.05, 3.63) is 66.5 Å². The van der Waals surface area contributed by atoms with Gasteiger partial charge in [0.15, 0.2) is 0 Å². The molecule has 6 nitrogen and oxygen atoms in total. The van der Waals surface area contributed by atoms with Crippen LogP contribution in [0.5, 0.6) is 17.5 Å². The van der Waals surface area contributed by atoms with E-state index in [2.05, 4.69) is 15.3 Å². The Labute approximate surface area is 158 Å². The van der Waals surface area contributed by atoms with Gasteiger partial charge in [-0.05, 0) is 55.8 Å². The lowest BCUT2D eigenvalue weighted by Gasteiger charge is -2.09. The van der Waals surface area contributed by atoms with Gasteiger partial charge in [0.25, 0.3) is 5.91 Å². The first-order valence-electron chi connectivity index (χ1n) is 8.60. The van der Waals surface area contributed by atoms with Gasteiger partial charge in [-0.1, -0.05) is 12.1 Å². The van der Waals surface area contributed by atoms with Gasteiger partial charge in [0.1, 0.15) is 11.5 Å². The molecule has 1 heterocycles. The molecule has 3 aromatic rings. The number of carbonyl (C=O) groups excluding carboxylic acids is 1. The number of methoxy groups -OCH3 is 1. The van der Waals surface area contributed by atoms with E-state index in [-0.39, 0.29) is 18.0 Å². The zero-order valence-electron chi connectivity index (χ0n) is 15.5. The Hall–Kier alpha value is -3.41. The molecule has 0 saturated heterocycles. The van der Waals surface area contributed by atoms with Crippen molar-refractivity contribution in [2.75, 3.05) is 7.11 Å². The van der Waals surface area contributed by atoms with Crippen LogP contribution in [-0.4, -0.2) is 29.0 Å². The first kappa shape index (κ1) is 18.4. The first-order valence-corrected chi connectivity index (χ1v) is 8.60. The Morgan fingerprint density at radius 3 is 2.04 bits per heavy atom. The number of aromatic nitrogens is 2. The van der Waals surface area contributed by atoms with Crippen molar-refractivity contribution in [2.45, 2.75) is 19.9 Å². The molecule has 0 aliphatic heterocycles. The largest absolute Gasteiger partial charge is 0.497 e. The van der Waals surface area contributed by atoms with Crippen molar-refractivity contribution >= 4 is 5.91 Å². The lowest BCUT2D eigenvalue weighted by atomic mass is 10.1. The molecule has 1 amide bonds. The quantitative estimate of drug-likeness (QED) is 0.714. The van der Waals surface area contributed by atoms with E-state index in [1.54, 1.807) is 55.9 Å². The standard InChI is InChI=1S/C21H21N3O3/c1-14(2)24-20(25)16-6-4-15(5-7-16)17-12-22-21(23-13-17)27-19-10-8-18(26-3)9-11-19/h4-14H,1-3H3,(H,24,25). The molecule has 0 atom stereocenters. The molecular formula is C21H21N3O3. The van der Waals surface area contributed by atoms with Crippen LogP contribution in [0.15, 0.2) is 60.9 Å². The maximum absolute atomic E-state index is 12.0. The summed E-state index contributed by atoms with van der Waals surface area (Å²) < 4.78 is 10.7. The van der Waals surface area contributed by atoms with E-state index >= 15 is 0 Å². The minimum absolute atomic E-state index is 0.0870. The van der Waals surface area contributed by atoms with Crippen LogP contribution in [0.4, 0.5) is 0 Å². The number of nitrogens with one attached hydrogen (secondary N) is 1. The number of amides is 1. The second-order valence-corrected chi connectivity index (χ2v) is 6.24. The molecule has 0 aliphatic rings. The molecule has 0 radical (unpaired) electrons. The van der Waals surface area contributed by atoms with Gasteiger partial charge in [-0.15, -0.1) is 0 Å². The number of ether oxygens (including phenoxy) is 2. The van der Waals surface area contributed by atoms with E-state index in [4.69, 9.17) is 9.47 Å². The minimum atomic E-state index is -0.0870. The van der Waals surface area contributed by atoms with Crippen LogP contribution in [0.1, 0.15) is 24.2 Å².